The predicted octanol–water partition coefficient (Wildman–Crippen LogP) is 10.7. The molecule has 1 fully saturated rings. The van der Waals surface area contributed by atoms with Crippen LogP contribution in [-0.4, -0.2) is 0 Å². The third-order valence-corrected chi connectivity index (χ3v) is 7.23. The van der Waals surface area contributed by atoms with Gasteiger partial charge in [-0.3, -0.25) is 0 Å². The highest BCUT2D eigenvalue weighted by molar-refractivity contribution is 5.61. The molecule has 0 spiro atoms. The topological polar surface area (TPSA) is 9.23 Å². The molecule has 0 unspecified atom stereocenters. The highest BCUT2D eigenvalue weighted by atomic mass is 19.4. The van der Waals surface area contributed by atoms with Gasteiger partial charge in [0.15, 0.2) is 5.83 Å². The Balaban J connectivity index is 1.43. The molecule has 220 valence electrons. The van der Waals surface area contributed by atoms with E-state index >= 15 is 0 Å². The van der Waals surface area contributed by atoms with E-state index in [1.807, 2.05) is 0 Å². The van der Waals surface area contributed by atoms with E-state index in [0.29, 0.717) is 31.2 Å². The summed E-state index contributed by atoms with van der Waals surface area (Å²) >= 11 is 0. The van der Waals surface area contributed by atoms with Gasteiger partial charge in [-0.25, -0.2) is 22.0 Å². The molecule has 1 saturated carbocycles. The summed E-state index contributed by atoms with van der Waals surface area (Å²) in [6.45, 7) is 1.51. The Morgan fingerprint density at radius 1 is 0.732 bits per heavy atom. The predicted molar refractivity (Wildman–Crippen MR) is 132 cm³/mol. The van der Waals surface area contributed by atoms with Crippen molar-refractivity contribution >= 4 is 5.83 Å². The standard InChI is InChI=1S/C30H24F10O/c1-2-23(31)28(35)19-9-7-17(8-10-19)16-3-5-18(6-4-16)20-11-12-22(24(32)13-20)30(39,40)41-21-14-25(33)27(26(34)15-21)29(36,37)38/h7-16,18H,2-6H2,1H3. The molecule has 41 heavy (non-hydrogen) atoms. The summed E-state index contributed by atoms with van der Waals surface area (Å²) in [5.74, 6) is -8.67. The maximum atomic E-state index is 14.8. The van der Waals surface area contributed by atoms with Gasteiger partial charge < -0.3 is 4.74 Å². The molecular weight excluding hydrogens is 566 g/mol. The van der Waals surface area contributed by atoms with Gasteiger partial charge in [0.05, 0.1) is 5.56 Å². The monoisotopic (exact) mass is 590 g/mol. The molecule has 0 heterocycles. The molecule has 0 N–H and O–H groups in total. The second kappa shape index (κ2) is 11.8. The smallest absolute Gasteiger partial charge is 0.429 e. The largest absolute Gasteiger partial charge is 0.429 e. The minimum absolute atomic E-state index is 0.0469. The van der Waals surface area contributed by atoms with Crippen molar-refractivity contribution in [3.8, 4) is 5.75 Å². The normalized spacial score (nSPS) is 18.7. The van der Waals surface area contributed by atoms with Crippen molar-refractivity contribution in [2.75, 3.05) is 0 Å². The zero-order chi connectivity index (χ0) is 30.1. The molecule has 1 aliphatic rings. The summed E-state index contributed by atoms with van der Waals surface area (Å²) in [4.78, 5) is 0. The Morgan fingerprint density at radius 2 is 1.24 bits per heavy atom. The summed E-state index contributed by atoms with van der Waals surface area (Å²) in [5.41, 5.74) is -1.98. The van der Waals surface area contributed by atoms with Crippen LogP contribution in [0.5, 0.6) is 5.75 Å². The third kappa shape index (κ3) is 6.70. The van der Waals surface area contributed by atoms with Crippen LogP contribution in [0.15, 0.2) is 60.4 Å². The van der Waals surface area contributed by atoms with Gasteiger partial charge in [-0.05, 0) is 67.2 Å². The second-order valence-corrected chi connectivity index (χ2v) is 9.86. The quantitative estimate of drug-likeness (QED) is 0.249. The fraction of sp³-hybridized carbons (Fsp3) is 0.333. The molecule has 0 saturated heterocycles. The molecule has 0 aliphatic heterocycles. The molecule has 0 radical (unpaired) electrons. The highest BCUT2D eigenvalue weighted by Crippen LogP contribution is 2.43. The van der Waals surface area contributed by atoms with E-state index < -0.39 is 58.3 Å². The fourth-order valence-electron chi connectivity index (χ4n) is 5.08. The van der Waals surface area contributed by atoms with Crippen LogP contribution >= 0.6 is 0 Å². The van der Waals surface area contributed by atoms with Crippen molar-refractivity contribution in [2.24, 2.45) is 0 Å². The van der Waals surface area contributed by atoms with Crippen LogP contribution in [0, 0.1) is 17.5 Å². The first-order chi connectivity index (χ1) is 19.2. The van der Waals surface area contributed by atoms with Crippen molar-refractivity contribution in [3.05, 3.63) is 106 Å². The van der Waals surface area contributed by atoms with E-state index in [9.17, 15) is 43.9 Å². The van der Waals surface area contributed by atoms with Gasteiger partial charge >= 0.3 is 12.3 Å². The maximum absolute atomic E-state index is 14.8. The zero-order valence-corrected chi connectivity index (χ0v) is 21.6. The van der Waals surface area contributed by atoms with Gasteiger partial charge in [-0.15, -0.1) is 0 Å². The van der Waals surface area contributed by atoms with Gasteiger partial charge in [-0.1, -0.05) is 37.3 Å². The fourth-order valence-corrected chi connectivity index (χ4v) is 5.08. The van der Waals surface area contributed by atoms with E-state index in [1.54, 1.807) is 12.1 Å². The summed E-state index contributed by atoms with van der Waals surface area (Å²) in [6.07, 6.45) is -7.34. The van der Waals surface area contributed by atoms with Gasteiger partial charge in [0.25, 0.3) is 0 Å². The van der Waals surface area contributed by atoms with Crippen LogP contribution < -0.4 is 4.74 Å². The van der Waals surface area contributed by atoms with Crippen molar-refractivity contribution < 1.29 is 48.6 Å². The number of rotatable bonds is 7. The molecular formula is C30H24F10O. The average molecular weight is 591 g/mol. The number of halogens is 10. The Bertz CT molecular complexity index is 1400. The molecule has 0 bridgehead atoms. The summed E-state index contributed by atoms with van der Waals surface area (Å²) < 4.78 is 142. The van der Waals surface area contributed by atoms with Crippen molar-refractivity contribution in [1.82, 2.24) is 0 Å². The molecule has 1 aliphatic carbocycles. The zero-order valence-electron chi connectivity index (χ0n) is 21.6. The lowest BCUT2D eigenvalue weighted by atomic mass is 9.76. The van der Waals surface area contributed by atoms with Crippen LogP contribution in [0.2, 0.25) is 0 Å². The maximum Gasteiger partial charge on any atom is 0.429 e. The molecule has 3 aromatic rings. The van der Waals surface area contributed by atoms with Crippen LogP contribution in [0.25, 0.3) is 5.83 Å². The first kappa shape index (κ1) is 30.5. The van der Waals surface area contributed by atoms with E-state index in [4.69, 9.17) is 0 Å². The van der Waals surface area contributed by atoms with Gasteiger partial charge in [-0.2, -0.15) is 22.0 Å². The van der Waals surface area contributed by atoms with Crippen molar-refractivity contribution in [1.29, 1.82) is 0 Å². The van der Waals surface area contributed by atoms with Crippen molar-refractivity contribution in [2.45, 2.75) is 63.1 Å². The summed E-state index contributed by atoms with van der Waals surface area (Å²) in [7, 11) is 0. The Labute approximate surface area is 229 Å². The molecule has 11 heteroatoms. The number of allylic oxidation sites excluding steroid dienone is 1. The second-order valence-electron chi connectivity index (χ2n) is 9.86. The van der Waals surface area contributed by atoms with Crippen LogP contribution in [-0.2, 0) is 12.3 Å². The number of alkyl halides is 5. The minimum Gasteiger partial charge on any atom is -0.429 e. The molecule has 0 amide bonds. The summed E-state index contributed by atoms with van der Waals surface area (Å²) in [6, 6.07) is 9.35. The number of ether oxygens (including phenoxy) is 1. The number of hydrogen-bond acceptors (Lipinski definition) is 1. The molecule has 0 aromatic heterocycles. The Morgan fingerprint density at radius 3 is 1.73 bits per heavy atom. The third-order valence-electron chi connectivity index (χ3n) is 7.23. The van der Waals surface area contributed by atoms with Gasteiger partial charge in [0.2, 0.25) is 0 Å². The first-order valence-electron chi connectivity index (χ1n) is 12.8. The Kier molecular flexibility index (Phi) is 8.75. The highest BCUT2D eigenvalue weighted by Gasteiger charge is 2.41. The number of benzene rings is 3. The molecule has 4 rings (SSSR count). The van der Waals surface area contributed by atoms with Crippen LogP contribution in [0.1, 0.15) is 78.7 Å². The Hall–Kier alpha value is -3.50. The van der Waals surface area contributed by atoms with Gasteiger partial charge in [0.1, 0.15) is 34.6 Å². The lowest BCUT2D eigenvalue weighted by molar-refractivity contribution is -0.187. The van der Waals surface area contributed by atoms with Crippen LogP contribution in [0.4, 0.5) is 43.9 Å². The van der Waals surface area contributed by atoms with E-state index in [-0.39, 0.29) is 36.0 Å². The first-order valence-corrected chi connectivity index (χ1v) is 12.8. The number of hydrogen-bond donors (Lipinski definition) is 0. The van der Waals surface area contributed by atoms with Crippen molar-refractivity contribution in [3.63, 3.8) is 0 Å². The molecule has 3 aromatic carbocycles. The minimum atomic E-state index is -5.40. The van der Waals surface area contributed by atoms with Crippen LogP contribution in [0.3, 0.4) is 0 Å². The van der Waals surface area contributed by atoms with E-state index in [1.165, 1.54) is 25.1 Å². The van der Waals surface area contributed by atoms with E-state index in [0.717, 1.165) is 17.7 Å². The lowest BCUT2D eigenvalue weighted by Gasteiger charge is -2.29. The molecule has 1 nitrogen and oxygen atoms in total. The molecule has 0 atom stereocenters. The van der Waals surface area contributed by atoms with E-state index in [2.05, 4.69) is 4.74 Å². The summed E-state index contributed by atoms with van der Waals surface area (Å²) in [5, 5.41) is 0. The van der Waals surface area contributed by atoms with Gasteiger partial charge in [0, 0.05) is 17.7 Å². The SMILES string of the molecule is CCC(F)=C(F)c1ccc(C2CCC(c3ccc(C(F)(F)Oc4cc(F)c(C(F)(F)F)c(F)c4)c(F)c3)CC2)cc1. The average Bonchev–Trinajstić information content (AvgIpc) is 2.90. The lowest BCUT2D eigenvalue weighted by Crippen LogP contribution is -2.24.